The van der Waals surface area contributed by atoms with Gasteiger partial charge in [-0.05, 0) is 34.1 Å². The molecule has 1 amide bonds. The van der Waals surface area contributed by atoms with Gasteiger partial charge in [-0.15, -0.1) is 0 Å². The van der Waals surface area contributed by atoms with Crippen molar-refractivity contribution < 1.29 is 24.2 Å². The Morgan fingerprint density at radius 3 is 2.51 bits per heavy atom. The maximum atomic E-state index is 13.5. The number of aliphatic hydroxyl groups excluding tert-OH is 1. The summed E-state index contributed by atoms with van der Waals surface area (Å²) in [4.78, 5) is 25.7. The number of amides is 1. The summed E-state index contributed by atoms with van der Waals surface area (Å²) < 4.78 is 13.0. The maximum Gasteiger partial charge on any atom is 0.337 e. The Balaban J connectivity index is 1.31. The molecule has 2 aromatic rings. The number of carbonyl (C=O) groups excluding carboxylic acids is 2. The number of ether oxygens (including phenoxy) is 2. The molecule has 4 aliphatic rings. The number of hydrogen-bond acceptors (Lipinski definition) is 5. The Bertz CT molecular complexity index is 1300. The standard InChI is InChI=1S/C31H35NO5/c1-6-24(33)32-25(19-12-8-7-9-13-19)26(34)27(35)36-23-16-22-28(3,4)29(23,5)30-17-18(2)20-14-10-11-15-21(20)31(22,30)37-30/h7-15,22-23,25-26,34H,2,6,16-17H2,1,3-5H3,(H,32,33)/t22?,23?,25-,26+,29?,30-,31+/m0/s1. The van der Waals surface area contributed by atoms with Crippen molar-refractivity contribution in [2.45, 2.75) is 76.4 Å². The van der Waals surface area contributed by atoms with Crippen molar-refractivity contribution in [3.05, 3.63) is 77.9 Å². The molecule has 3 fully saturated rings. The highest BCUT2D eigenvalue weighted by atomic mass is 16.6. The molecule has 194 valence electrons. The first-order valence-corrected chi connectivity index (χ1v) is 13.3. The summed E-state index contributed by atoms with van der Waals surface area (Å²) in [5.41, 5.74) is 2.52. The minimum absolute atomic E-state index is 0.152. The van der Waals surface area contributed by atoms with Gasteiger partial charge >= 0.3 is 5.97 Å². The van der Waals surface area contributed by atoms with Crippen LogP contribution >= 0.6 is 0 Å². The maximum absolute atomic E-state index is 13.5. The van der Waals surface area contributed by atoms with Gasteiger partial charge in [-0.2, -0.15) is 0 Å². The van der Waals surface area contributed by atoms with Crippen LogP contribution < -0.4 is 5.32 Å². The van der Waals surface area contributed by atoms with Crippen molar-refractivity contribution in [2.24, 2.45) is 16.7 Å². The van der Waals surface area contributed by atoms with Crippen molar-refractivity contribution >= 4 is 17.4 Å². The lowest BCUT2D eigenvalue weighted by Crippen LogP contribution is -2.53. The van der Waals surface area contributed by atoms with Crippen LogP contribution in [0.5, 0.6) is 0 Å². The Hall–Kier alpha value is -2.96. The first kappa shape index (κ1) is 24.4. The van der Waals surface area contributed by atoms with Crippen LogP contribution in [0.25, 0.3) is 5.57 Å². The molecule has 0 radical (unpaired) electrons. The van der Waals surface area contributed by atoms with Crippen LogP contribution in [-0.4, -0.2) is 34.8 Å². The number of hydrogen-bond donors (Lipinski definition) is 2. The van der Waals surface area contributed by atoms with Gasteiger partial charge in [-0.25, -0.2) is 4.79 Å². The lowest BCUT2D eigenvalue weighted by Gasteiger charge is -2.45. The van der Waals surface area contributed by atoms with Crippen LogP contribution in [0.2, 0.25) is 0 Å². The summed E-state index contributed by atoms with van der Waals surface area (Å²) in [6, 6.07) is 16.5. The fourth-order valence-electron chi connectivity index (χ4n) is 8.18. The van der Waals surface area contributed by atoms with Gasteiger partial charge in [-0.1, -0.05) is 88.9 Å². The van der Waals surface area contributed by atoms with E-state index in [-0.39, 0.29) is 23.7 Å². The topological polar surface area (TPSA) is 88.2 Å². The molecule has 6 heteroatoms. The van der Waals surface area contributed by atoms with E-state index in [9.17, 15) is 14.7 Å². The first-order valence-electron chi connectivity index (χ1n) is 13.3. The summed E-state index contributed by atoms with van der Waals surface area (Å²) >= 11 is 0. The van der Waals surface area contributed by atoms with Crippen LogP contribution in [-0.2, 0) is 24.7 Å². The largest absolute Gasteiger partial charge is 0.460 e. The number of esters is 1. The van der Waals surface area contributed by atoms with Crippen molar-refractivity contribution in [1.82, 2.24) is 5.32 Å². The molecule has 7 atom stereocenters. The number of nitrogens with one attached hydrogen (secondary N) is 1. The number of aliphatic hydroxyl groups is 1. The van der Waals surface area contributed by atoms with E-state index in [1.807, 2.05) is 24.3 Å². The minimum Gasteiger partial charge on any atom is -0.460 e. The van der Waals surface area contributed by atoms with Crippen molar-refractivity contribution in [1.29, 1.82) is 0 Å². The summed E-state index contributed by atoms with van der Waals surface area (Å²) in [6.07, 6.45) is -0.373. The lowest BCUT2D eigenvalue weighted by atomic mass is 9.59. The third-order valence-corrected chi connectivity index (χ3v) is 10.3. The Kier molecular flexibility index (Phi) is 5.12. The van der Waals surface area contributed by atoms with Crippen LogP contribution in [0.15, 0.2) is 61.2 Å². The average Bonchev–Trinajstić information content (AvgIpc) is 3.52. The predicted octanol–water partition coefficient (Wildman–Crippen LogP) is 4.67. The van der Waals surface area contributed by atoms with E-state index in [0.29, 0.717) is 18.4 Å². The molecule has 0 aromatic heterocycles. The van der Waals surface area contributed by atoms with E-state index in [1.54, 1.807) is 19.1 Å². The van der Waals surface area contributed by atoms with Gasteiger partial charge in [0.1, 0.15) is 17.3 Å². The molecule has 3 unspecified atom stereocenters. The number of benzene rings is 2. The van der Waals surface area contributed by atoms with Gasteiger partial charge in [0.25, 0.3) is 0 Å². The highest BCUT2D eigenvalue weighted by Gasteiger charge is 2.95. The molecule has 2 bridgehead atoms. The van der Waals surface area contributed by atoms with Gasteiger partial charge in [0.2, 0.25) is 5.91 Å². The second-order valence-electron chi connectivity index (χ2n) is 11.9. The zero-order valence-corrected chi connectivity index (χ0v) is 21.9. The molecule has 6 rings (SSSR count). The molecule has 1 heterocycles. The summed E-state index contributed by atoms with van der Waals surface area (Å²) in [5, 5.41) is 14.0. The highest BCUT2D eigenvalue weighted by molar-refractivity contribution is 5.80. The average molecular weight is 502 g/mol. The summed E-state index contributed by atoms with van der Waals surface area (Å²) in [6.45, 7) is 12.8. The summed E-state index contributed by atoms with van der Waals surface area (Å²) in [7, 11) is 0. The van der Waals surface area contributed by atoms with Crippen LogP contribution in [0.1, 0.15) is 69.7 Å². The van der Waals surface area contributed by atoms with Crippen molar-refractivity contribution in [2.75, 3.05) is 0 Å². The molecule has 3 aliphatic carbocycles. The molecule has 2 aromatic carbocycles. The molecule has 2 N–H and O–H groups in total. The molecular weight excluding hydrogens is 466 g/mol. The van der Waals surface area contributed by atoms with E-state index >= 15 is 0 Å². The number of epoxide rings is 1. The Morgan fingerprint density at radius 1 is 1.14 bits per heavy atom. The van der Waals surface area contributed by atoms with Crippen molar-refractivity contribution in [3.8, 4) is 0 Å². The monoisotopic (exact) mass is 501 g/mol. The van der Waals surface area contributed by atoms with E-state index in [1.165, 1.54) is 11.1 Å². The molecule has 0 spiro atoms. The van der Waals surface area contributed by atoms with Gasteiger partial charge in [0.05, 0.1) is 6.04 Å². The number of rotatable bonds is 6. The number of fused-ring (bicyclic) bond motifs is 3. The third-order valence-electron chi connectivity index (χ3n) is 10.3. The van der Waals surface area contributed by atoms with Gasteiger partial charge in [0.15, 0.2) is 6.10 Å². The van der Waals surface area contributed by atoms with Crippen LogP contribution in [0.4, 0.5) is 0 Å². The van der Waals surface area contributed by atoms with E-state index < -0.39 is 40.8 Å². The minimum atomic E-state index is -1.53. The fraction of sp³-hybridized carbons (Fsp3) is 0.484. The van der Waals surface area contributed by atoms with Crippen LogP contribution in [0, 0.1) is 16.7 Å². The molecule has 37 heavy (non-hydrogen) atoms. The second kappa shape index (κ2) is 7.78. The molecule has 6 nitrogen and oxygen atoms in total. The second-order valence-corrected chi connectivity index (χ2v) is 11.9. The quantitative estimate of drug-likeness (QED) is 0.444. The van der Waals surface area contributed by atoms with Gasteiger partial charge in [0, 0.05) is 24.2 Å². The first-order chi connectivity index (χ1) is 17.5. The highest BCUT2D eigenvalue weighted by Crippen LogP contribution is 2.89. The van der Waals surface area contributed by atoms with Gasteiger partial charge < -0.3 is 19.9 Å². The molecular formula is C31H35NO5. The molecule has 2 saturated carbocycles. The predicted molar refractivity (Wildman–Crippen MR) is 139 cm³/mol. The smallest absolute Gasteiger partial charge is 0.337 e. The molecule has 1 aliphatic heterocycles. The summed E-state index contributed by atoms with van der Waals surface area (Å²) in [5.74, 6) is -0.820. The van der Waals surface area contributed by atoms with Gasteiger partial charge in [-0.3, -0.25) is 4.79 Å². The normalized spacial score (nSPS) is 35.5. The van der Waals surface area contributed by atoms with Crippen LogP contribution in [0.3, 0.4) is 0 Å². The lowest BCUT2D eigenvalue weighted by molar-refractivity contribution is -0.172. The fourth-order valence-corrected chi connectivity index (χ4v) is 8.18. The molecule has 1 saturated heterocycles. The SMILES string of the molecule is C=C1C[C@@]23O[C@]2(c2ccccc21)C1CC(OC(=O)[C@H](O)[C@@H](NC(=O)CC)c2ccccc2)C3(C)C1(C)C. The van der Waals surface area contributed by atoms with Crippen molar-refractivity contribution in [3.63, 3.8) is 0 Å². The van der Waals surface area contributed by atoms with E-state index in [2.05, 4.69) is 50.9 Å². The third kappa shape index (κ3) is 2.83. The Labute approximate surface area is 218 Å². The van der Waals surface area contributed by atoms with E-state index in [4.69, 9.17) is 9.47 Å². The zero-order chi connectivity index (χ0) is 26.4. The zero-order valence-electron chi connectivity index (χ0n) is 21.9. The Morgan fingerprint density at radius 2 is 1.81 bits per heavy atom. The number of carbonyl (C=O) groups is 2. The van der Waals surface area contributed by atoms with E-state index in [0.717, 1.165) is 5.57 Å².